The second-order valence-corrected chi connectivity index (χ2v) is 8.48. The van der Waals surface area contributed by atoms with Crippen LogP contribution in [0.5, 0.6) is 0 Å². The maximum absolute atomic E-state index is 11.6. The van der Waals surface area contributed by atoms with Crippen molar-refractivity contribution in [2.75, 3.05) is 16.9 Å². The topological polar surface area (TPSA) is 88.9 Å². The lowest BCUT2D eigenvalue weighted by Gasteiger charge is -2.07. The van der Waals surface area contributed by atoms with Crippen molar-refractivity contribution in [3.05, 3.63) is 66.9 Å². The van der Waals surface area contributed by atoms with Crippen molar-refractivity contribution in [2.24, 2.45) is 7.05 Å². The van der Waals surface area contributed by atoms with E-state index in [2.05, 4.69) is 20.6 Å². The van der Waals surface area contributed by atoms with Crippen LogP contribution in [0.25, 0.3) is 11.0 Å². The zero-order valence-corrected chi connectivity index (χ0v) is 16.2. The largest absolute Gasteiger partial charge is 0.340 e. The Bertz CT molecular complexity index is 1230. The molecule has 0 unspecified atom stereocenters. The summed E-state index contributed by atoms with van der Waals surface area (Å²) in [6, 6.07) is 18.3. The highest BCUT2D eigenvalue weighted by Gasteiger charge is 2.10. The van der Waals surface area contributed by atoms with Crippen LogP contribution in [-0.4, -0.2) is 29.2 Å². The zero-order chi connectivity index (χ0) is 19.7. The lowest BCUT2D eigenvalue weighted by Crippen LogP contribution is -1.99. The number of imidazole rings is 1. The van der Waals surface area contributed by atoms with Gasteiger partial charge in [-0.3, -0.25) is 0 Å². The number of sulfone groups is 1. The van der Waals surface area contributed by atoms with Crippen molar-refractivity contribution >= 4 is 44.0 Å². The second-order valence-electron chi connectivity index (χ2n) is 6.47. The molecule has 7 nitrogen and oxygen atoms in total. The lowest BCUT2D eigenvalue weighted by atomic mass is 10.3. The van der Waals surface area contributed by atoms with Crippen LogP contribution in [0.3, 0.4) is 0 Å². The average Bonchev–Trinajstić information content (AvgIpc) is 2.98. The summed E-state index contributed by atoms with van der Waals surface area (Å²) in [5, 5.41) is 6.49. The molecule has 8 heteroatoms. The van der Waals surface area contributed by atoms with Crippen LogP contribution in [0.4, 0.5) is 23.1 Å². The van der Waals surface area contributed by atoms with Crippen LogP contribution in [-0.2, 0) is 16.9 Å². The van der Waals surface area contributed by atoms with Crippen molar-refractivity contribution in [2.45, 2.75) is 4.90 Å². The second kappa shape index (κ2) is 6.97. The van der Waals surface area contributed by atoms with Gasteiger partial charge in [0.2, 0.25) is 5.95 Å². The molecule has 0 radical (unpaired) electrons. The summed E-state index contributed by atoms with van der Waals surface area (Å²) in [6.45, 7) is 0. The summed E-state index contributed by atoms with van der Waals surface area (Å²) >= 11 is 0. The van der Waals surface area contributed by atoms with Gasteiger partial charge in [0.25, 0.3) is 0 Å². The fourth-order valence-electron chi connectivity index (χ4n) is 2.86. The average molecular weight is 393 g/mol. The monoisotopic (exact) mass is 393 g/mol. The van der Waals surface area contributed by atoms with Gasteiger partial charge >= 0.3 is 0 Å². The van der Waals surface area contributed by atoms with Crippen molar-refractivity contribution < 1.29 is 8.42 Å². The molecular formula is C20H19N5O2S. The van der Waals surface area contributed by atoms with E-state index in [0.717, 1.165) is 28.4 Å². The van der Waals surface area contributed by atoms with Gasteiger partial charge in [0.1, 0.15) is 11.3 Å². The Morgan fingerprint density at radius 3 is 2.29 bits per heavy atom. The standard InChI is InChI=1S/C20H19N5O2S/c1-25-18-12-19(22-15-8-10-16(11-9-15)28(2,26)27)21-13-17(18)24-20(25)23-14-6-4-3-5-7-14/h3-13H,1-2H3,(H,21,22)(H,23,24). The number of nitrogens with one attached hydrogen (secondary N) is 2. The van der Waals surface area contributed by atoms with E-state index in [-0.39, 0.29) is 4.90 Å². The zero-order valence-electron chi connectivity index (χ0n) is 15.4. The predicted octanol–water partition coefficient (Wildman–Crippen LogP) is 3.86. The first-order valence-corrected chi connectivity index (χ1v) is 10.5. The molecule has 0 spiro atoms. The number of hydrogen-bond donors (Lipinski definition) is 2. The van der Waals surface area contributed by atoms with Gasteiger partial charge in [-0.15, -0.1) is 0 Å². The highest BCUT2D eigenvalue weighted by Crippen LogP contribution is 2.24. The Morgan fingerprint density at radius 1 is 0.929 bits per heavy atom. The molecule has 142 valence electrons. The number of nitrogens with zero attached hydrogens (tertiary/aromatic N) is 3. The third kappa shape index (κ3) is 3.67. The SMILES string of the molecule is Cn1c(Nc2ccccc2)nc2cnc(Nc3ccc(S(C)(=O)=O)cc3)cc21. The Morgan fingerprint density at radius 2 is 1.61 bits per heavy atom. The summed E-state index contributed by atoms with van der Waals surface area (Å²) in [7, 11) is -1.28. The number of fused-ring (bicyclic) bond motifs is 1. The van der Waals surface area contributed by atoms with Gasteiger partial charge in [-0.1, -0.05) is 18.2 Å². The van der Waals surface area contributed by atoms with Crippen molar-refractivity contribution in [1.29, 1.82) is 0 Å². The number of para-hydroxylation sites is 1. The molecule has 2 N–H and O–H groups in total. The van der Waals surface area contributed by atoms with Crippen LogP contribution in [0.1, 0.15) is 0 Å². The molecule has 0 aliphatic rings. The van der Waals surface area contributed by atoms with Crippen molar-refractivity contribution in [1.82, 2.24) is 14.5 Å². The van der Waals surface area contributed by atoms with Gasteiger partial charge in [0, 0.05) is 30.7 Å². The van der Waals surface area contributed by atoms with Gasteiger partial charge in [0.15, 0.2) is 9.84 Å². The van der Waals surface area contributed by atoms with Gasteiger partial charge in [0.05, 0.1) is 16.6 Å². The van der Waals surface area contributed by atoms with E-state index < -0.39 is 9.84 Å². The molecule has 2 aromatic carbocycles. The molecule has 28 heavy (non-hydrogen) atoms. The summed E-state index contributed by atoms with van der Waals surface area (Å²) in [5.41, 5.74) is 3.41. The third-order valence-corrected chi connectivity index (χ3v) is 5.48. The number of anilines is 4. The van der Waals surface area contributed by atoms with Gasteiger partial charge < -0.3 is 15.2 Å². The van der Waals surface area contributed by atoms with Crippen LogP contribution < -0.4 is 10.6 Å². The minimum Gasteiger partial charge on any atom is -0.340 e. The number of pyridine rings is 1. The van der Waals surface area contributed by atoms with Gasteiger partial charge in [-0.25, -0.2) is 18.4 Å². The minimum atomic E-state index is -3.21. The maximum atomic E-state index is 11.6. The normalized spacial score (nSPS) is 11.5. The lowest BCUT2D eigenvalue weighted by molar-refractivity contribution is 0.602. The summed E-state index contributed by atoms with van der Waals surface area (Å²) in [4.78, 5) is 9.27. The fourth-order valence-corrected chi connectivity index (χ4v) is 3.49. The molecule has 0 amide bonds. The van der Waals surface area contributed by atoms with Crippen molar-refractivity contribution in [3.8, 4) is 0 Å². The van der Waals surface area contributed by atoms with E-state index in [9.17, 15) is 8.42 Å². The Kier molecular flexibility index (Phi) is 4.48. The molecular weight excluding hydrogens is 374 g/mol. The molecule has 0 saturated heterocycles. The van der Waals surface area contributed by atoms with E-state index in [1.807, 2.05) is 48.0 Å². The molecule has 0 aliphatic carbocycles. The molecule has 0 bridgehead atoms. The van der Waals surface area contributed by atoms with Gasteiger partial charge in [-0.05, 0) is 36.4 Å². The first-order valence-electron chi connectivity index (χ1n) is 8.62. The smallest absolute Gasteiger partial charge is 0.208 e. The fraction of sp³-hybridized carbons (Fsp3) is 0.100. The predicted molar refractivity (Wildman–Crippen MR) is 111 cm³/mol. The first kappa shape index (κ1) is 18.0. The number of aryl methyl sites for hydroxylation is 1. The number of rotatable bonds is 5. The van der Waals surface area contributed by atoms with Crippen LogP contribution in [0.2, 0.25) is 0 Å². The summed E-state index contributed by atoms with van der Waals surface area (Å²) in [5.74, 6) is 1.37. The molecule has 4 rings (SSSR count). The molecule has 0 atom stereocenters. The molecule has 0 fully saturated rings. The third-order valence-electron chi connectivity index (χ3n) is 4.35. The molecule has 0 aliphatic heterocycles. The first-order chi connectivity index (χ1) is 13.4. The molecule has 2 aromatic heterocycles. The Balaban J connectivity index is 1.60. The van der Waals surface area contributed by atoms with Crippen LogP contribution >= 0.6 is 0 Å². The highest BCUT2D eigenvalue weighted by atomic mass is 32.2. The molecule has 2 heterocycles. The summed E-state index contributed by atoms with van der Waals surface area (Å²) in [6.07, 6.45) is 2.90. The molecule has 4 aromatic rings. The maximum Gasteiger partial charge on any atom is 0.208 e. The van der Waals surface area contributed by atoms with E-state index in [0.29, 0.717) is 5.82 Å². The number of hydrogen-bond acceptors (Lipinski definition) is 6. The minimum absolute atomic E-state index is 0.282. The molecule has 0 saturated carbocycles. The van der Waals surface area contributed by atoms with E-state index in [1.54, 1.807) is 30.5 Å². The number of aromatic nitrogens is 3. The summed E-state index contributed by atoms with van der Waals surface area (Å²) < 4.78 is 25.1. The quantitative estimate of drug-likeness (QED) is 0.535. The highest BCUT2D eigenvalue weighted by molar-refractivity contribution is 7.90. The number of benzene rings is 2. The Hall–Kier alpha value is -3.39. The van der Waals surface area contributed by atoms with E-state index in [1.165, 1.54) is 6.26 Å². The van der Waals surface area contributed by atoms with E-state index in [4.69, 9.17) is 0 Å². The van der Waals surface area contributed by atoms with Crippen LogP contribution in [0, 0.1) is 0 Å². The van der Waals surface area contributed by atoms with Crippen LogP contribution in [0.15, 0.2) is 71.8 Å². The Labute approximate surface area is 163 Å². The van der Waals surface area contributed by atoms with Crippen molar-refractivity contribution in [3.63, 3.8) is 0 Å². The van der Waals surface area contributed by atoms with E-state index >= 15 is 0 Å². The van der Waals surface area contributed by atoms with Gasteiger partial charge in [-0.2, -0.15) is 0 Å².